The second-order valence-electron chi connectivity index (χ2n) is 4.95. The van der Waals surface area contributed by atoms with Gasteiger partial charge >= 0.3 is 6.03 Å². The largest absolute Gasteiger partial charge is 0.383 e. The summed E-state index contributed by atoms with van der Waals surface area (Å²) < 4.78 is 4.81. The molecule has 2 rings (SSSR count). The van der Waals surface area contributed by atoms with Gasteiger partial charge in [-0.25, -0.2) is 4.79 Å². The van der Waals surface area contributed by atoms with E-state index in [1.54, 1.807) is 0 Å². The molecule has 2 fully saturated rings. The van der Waals surface area contributed by atoms with E-state index in [0.717, 1.165) is 17.7 Å². The summed E-state index contributed by atoms with van der Waals surface area (Å²) in [4.78, 5) is 36.7. The molecule has 106 valence electrons. The van der Waals surface area contributed by atoms with Crippen molar-refractivity contribution < 1.29 is 19.1 Å². The van der Waals surface area contributed by atoms with Gasteiger partial charge in [0.1, 0.15) is 12.1 Å². The maximum atomic E-state index is 12.2. The molecule has 0 radical (unpaired) electrons. The lowest BCUT2D eigenvalue weighted by molar-refractivity contribution is -0.134. The predicted molar refractivity (Wildman–Crippen MR) is 66.3 cm³/mol. The Morgan fingerprint density at radius 1 is 1.42 bits per heavy atom. The van der Waals surface area contributed by atoms with Crippen molar-refractivity contribution in [3.8, 4) is 0 Å². The average Bonchev–Trinajstić information content (AvgIpc) is 2.92. The first-order valence-corrected chi connectivity index (χ1v) is 6.49. The number of methoxy groups -OCH3 is 1. The molecule has 0 aromatic heterocycles. The van der Waals surface area contributed by atoms with Crippen LogP contribution in [0.25, 0.3) is 0 Å². The van der Waals surface area contributed by atoms with Gasteiger partial charge in [0.25, 0.3) is 5.91 Å². The van der Waals surface area contributed by atoms with Gasteiger partial charge in [-0.2, -0.15) is 0 Å². The molecule has 7 nitrogen and oxygen atoms in total. The van der Waals surface area contributed by atoms with Crippen molar-refractivity contribution in [3.05, 3.63) is 0 Å². The fourth-order valence-corrected chi connectivity index (χ4v) is 2.63. The number of nitrogens with one attached hydrogen (secondary N) is 2. The van der Waals surface area contributed by atoms with Crippen molar-refractivity contribution in [2.24, 2.45) is 0 Å². The van der Waals surface area contributed by atoms with Crippen molar-refractivity contribution in [2.75, 3.05) is 26.8 Å². The summed E-state index contributed by atoms with van der Waals surface area (Å²) in [6, 6.07) is -0.464. The topological polar surface area (TPSA) is 87.7 Å². The maximum Gasteiger partial charge on any atom is 0.325 e. The van der Waals surface area contributed by atoms with Crippen LogP contribution in [-0.2, 0) is 14.3 Å². The molecule has 7 heteroatoms. The zero-order valence-electron chi connectivity index (χ0n) is 11.0. The van der Waals surface area contributed by atoms with Crippen molar-refractivity contribution >= 4 is 17.8 Å². The molecular weight excluding hydrogens is 250 g/mol. The first-order valence-electron chi connectivity index (χ1n) is 6.49. The molecule has 2 N–H and O–H groups in total. The standard InChI is InChI=1S/C12H19N3O4/c1-19-7-6-13-9(16)8-15-10(17)12(14-11(15)18)4-2-3-5-12/h2-8H2,1H3,(H,13,16)(H,14,18). The third-order valence-electron chi connectivity index (χ3n) is 3.63. The van der Waals surface area contributed by atoms with Crippen molar-refractivity contribution in [1.82, 2.24) is 15.5 Å². The Labute approximate surface area is 111 Å². The zero-order valence-corrected chi connectivity index (χ0v) is 11.0. The summed E-state index contributed by atoms with van der Waals surface area (Å²) >= 11 is 0. The van der Waals surface area contributed by atoms with Crippen LogP contribution in [0.3, 0.4) is 0 Å². The van der Waals surface area contributed by atoms with E-state index in [-0.39, 0.29) is 18.4 Å². The quantitative estimate of drug-likeness (QED) is 0.526. The van der Waals surface area contributed by atoms with E-state index in [2.05, 4.69) is 10.6 Å². The number of amides is 4. The van der Waals surface area contributed by atoms with Crippen molar-refractivity contribution in [3.63, 3.8) is 0 Å². The molecule has 1 spiro atoms. The Balaban J connectivity index is 1.92. The highest BCUT2D eigenvalue weighted by Gasteiger charge is 2.52. The first-order chi connectivity index (χ1) is 9.09. The van der Waals surface area contributed by atoms with Gasteiger partial charge in [0.2, 0.25) is 5.91 Å². The third kappa shape index (κ3) is 2.70. The van der Waals surface area contributed by atoms with E-state index < -0.39 is 11.6 Å². The smallest absolute Gasteiger partial charge is 0.325 e. The van der Waals surface area contributed by atoms with Crippen LogP contribution >= 0.6 is 0 Å². The van der Waals surface area contributed by atoms with Crippen LogP contribution in [0.5, 0.6) is 0 Å². The van der Waals surface area contributed by atoms with Gasteiger partial charge in [-0.3, -0.25) is 14.5 Å². The predicted octanol–water partition coefficient (Wildman–Crippen LogP) is -0.386. The Kier molecular flexibility index (Phi) is 4.04. The number of carbonyl (C=O) groups excluding carboxylic acids is 3. The van der Waals surface area contributed by atoms with Crippen LogP contribution in [-0.4, -0.2) is 55.1 Å². The Morgan fingerprint density at radius 2 is 2.11 bits per heavy atom. The van der Waals surface area contributed by atoms with Crippen LogP contribution in [0, 0.1) is 0 Å². The van der Waals surface area contributed by atoms with Crippen LogP contribution in [0.4, 0.5) is 4.79 Å². The number of rotatable bonds is 5. The minimum Gasteiger partial charge on any atom is -0.383 e. The normalized spacial score (nSPS) is 21.0. The highest BCUT2D eigenvalue weighted by Crippen LogP contribution is 2.34. The lowest BCUT2D eigenvalue weighted by Crippen LogP contribution is -2.45. The number of carbonyl (C=O) groups is 3. The molecule has 0 bridgehead atoms. The molecule has 1 saturated carbocycles. The molecule has 0 atom stereocenters. The van der Waals surface area contributed by atoms with Crippen LogP contribution in [0.1, 0.15) is 25.7 Å². The molecule has 1 saturated heterocycles. The number of urea groups is 1. The van der Waals surface area contributed by atoms with Gasteiger partial charge in [0.05, 0.1) is 6.61 Å². The lowest BCUT2D eigenvalue weighted by Gasteiger charge is -2.19. The highest BCUT2D eigenvalue weighted by molar-refractivity contribution is 6.09. The molecule has 0 aromatic rings. The maximum absolute atomic E-state index is 12.2. The SMILES string of the molecule is COCCNC(=O)CN1C(=O)NC2(CCCC2)C1=O. The molecule has 4 amide bonds. The number of ether oxygens (including phenoxy) is 1. The minimum atomic E-state index is -0.746. The average molecular weight is 269 g/mol. The Hall–Kier alpha value is -1.63. The summed E-state index contributed by atoms with van der Waals surface area (Å²) in [5.74, 6) is -0.618. The van der Waals surface area contributed by atoms with Crippen LogP contribution in [0.15, 0.2) is 0 Å². The Bertz CT molecular complexity index is 390. The van der Waals surface area contributed by atoms with E-state index in [0.29, 0.717) is 26.0 Å². The summed E-state index contributed by atoms with van der Waals surface area (Å²) in [5, 5.41) is 5.33. The molecule has 0 aromatic carbocycles. The second kappa shape index (κ2) is 5.56. The molecule has 1 aliphatic carbocycles. The van der Waals surface area contributed by atoms with Crippen molar-refractivity contribution in [1.29, 1.82) is 0 Å². The zero-order chi connectivity index (χ0) is 13.9. The van der Waals surface area contributed by atoms with Crippen LogP contribution < -0.4 is 10.6 Å². The van der Waals surface area contributed by atoms with E-state index >= 15 is 0 Å². The number of nitrogens with zero attached hydrogens (tertiary/aromatic N) is 1. The Morgan fingerprint density at radius 3 is 2.74 bits per heavy atom. The first kappa shape index (κ1) is 13.8. The number of hydrogen-bond donors (Lipinski definition) is 2. The minimum absolute atomic E-state index is 0.226. The van der Waals surface area contributed by atoms with Gasteiger partial charge in [-0.15, -0.1) is 0 Å². The van der Waals surface area contributed by atoms with E-state index in [9.17, 15) is 14.4 Å². The fourth-order valence-electron chi connectivity index (χ4n) is 2.63. The monoisotopic (exact) mass is 269 g/mol. The van der Waals surface area contributed by atoms with E-state index in [1.165, 1.54) is 7.11 Å². The van der Waals surface area contributed by atoms with Gasteiger partial charge < -0.3 is 15.4 Å². The molecule has 1 heterocycles. The number of imide groups is 1. The summed E-state index contributed by atoms with van der Waals surface area (Å²) in [6.07, 6.45) is 3.19. The van der Waals surface area contributed by atoms with Gasteiger partial charge in [0.15, 0.2) is 0 Å². The highest BCUT2D eigenvalue weighted by atomic mass is 16.5. The van der Waals surface area contributed by atoms with E-state index in [1.807, 2.05) is 0 Å². The summed E-state index contributed by atoms with van der Waals surface area (Å²) in [6.45, 7) is 0.538. The van der Waals surface area contributed by atoms with Crippen molar-refractivity contribution in [2.45, 2.75) is 31.2 Å². The van der Waals surface area contributed by atoms with Gasteiger partial charge in [0, 0.05) is 13.7 Å². The second-order valence-corrected chi connectivity index (χ2v) is 4.95. The fraction of sp³-hybridized carbons (Fsp3) is 0.750. The van der Waals surface area contributed by atoms with Gasteiger partial charge in [-0.05, 0) is 12.8 Å². The third-order valence-corrected chi connectivity index (χ3v) is 3.63. The molecule has 0 unspecified atom stereocenters. The van der Waals surface area contributed by atoms with Crippen LogP contribution in [0.2, 0.25) is 0 Å². The molecule has 2 aliphatic rings. The lowest BCUT2D eigenvalue weighted by atomic mass is 9.98. The molecule has 1 aliphatic heterocycles. The van der Waals surface area contributed by atoms with E-state index in [4.69, 9.17) is 4.74 Å². The molecular formula is C12H19N3O4. The molecule has 19 heavy (non-hydrogen) atoms. The summed E-state index contributed by atoms with van der Waals surface area (Å²) in [7, 11) is 1.54. The number of hydrogen-bond acceptors (Lipinski definition) is 4. The van der Waals surface area contributed by atoms with Gasteiger partial charge in [-0.1, -0.05) is 12.8 Å². The summed E-state index contributed by atoms with van der Waals surface area (Å²) in [5.41, 5.74) is -0.746.